The van der Waals surface area contributed by atoms with Gasteiger partial charge in [0, 0.05) is 10.6 Å². The monoisotopic (exact) mass is 272 g/mol. The Bertz CT molecular complexity index is 744. The molecule has 0 spiro atoms. The molecule has 0 aliphatic rings. The van der Waals surface area contributed by atoms with Gasteiger partial charge in [0.25, 0.3) is 0 Å². The molecule has 0 aliphatic carbocycles. The lowest BCUT2D eigenvalue weighted by Crippen LogP contribution is -1.79. The predicted molar refractivity (Wildman–Crippen MR) is 84.3 cm³/mol. The van der Waals surface area contributed by atoms with Gasteiger partial charge in [0.05, 0.1) is 11.6 Å². The highest BCUT2D eigenvalue weighted by molar-refractivity contribution is 5.79. The first-order valence-electron chi connectivity index (χ1n) is 6.32. The minimum absolute atomic E-state index is 0.526. The summed E-state index contributed by atoms with van der Waals surface area (Å²) in [5.74, 6) is 0. The summed E-state index contributed by atoms with van der Waals surface area (Å²) in [6, 6.07) is 18.9. The fourth-order valence-corrected chi connectivity index (χ4v) is 1.78. The van der Waals surface area contributed by atoms with Crippen molar-refractivity contribution in [3.8, 4) is 6.07 Å². The molecule has 0 unspecified atom stereocenters. The van der Waals surface area contributed by atoms with Crippen LogP contribution in [0.25, 0.3) is 22.1 Å². The molecule has 4 heteroatoms. The van der Waals surface area contributed by atoms with E-state index in [-0.39, 0.29) is 0 Å². The summed E-state index contributed by atoms with van der Waals surface area (Å²) in [6.45, 7) is 0. The van der Waals surface area contributed by atoms with E-state index < -0.39 is 0 Å². The topological polar surface area (TPSA) is 72.5 Å². The molecule has 0 bridgehead atoms. The fourth-order valence-electron chi connectivity index (χ4n) is 1.78. The Hall–Kier alpha value is -3.28. The van der Waals surface area contributed by atoms with Gasteiger partial charge in [-0.15, -0.1) is 0 Å². The first kappa shape index (κ1) is 14.1. The van der Waals surface area contributed by atoms with Crippen molar-refractivity contribution in [2.75, 3.05) is 0 Å². The third kappa shape index (κ3) is 4.10. The molecule has 2 aromatic carbocycles. The summed E-state index contributed by atoms with van der Waals surface area (Å²) < 4.78 is 0. The van der Waals surface area contributed by atoms with Crippen molar-refractivity contribution in [2.45, 2.75) is 0 Å². The Labute approximate surface area is 122 Å². The van der Waals surface area contributed by atoms with Crippen LogP contribution in [0.15, 0.2) is 71.9 Å². The van der Waals surface area contributed by atoms with Gasteiger partial charge in [-0.3, -0.25) is 0 Å². The Morgan fingerprint density at radius 2 is 1.81 bits per heavy atom. The van der Waals surface area contributed by atoms with Crippen LogP contribution in [0.3, 0.4) is 0 Å². The molecule has 0 radical (unpaired) electrons. The second-order valence-electron chi connectivity index (χ2n) is 4.20. The first-order chi connectivity index (χ1) is 10.3. The van der Waals surface area contributed by atoms with E-state index in [2.05, 4.69) is 16.1 Å². The second kappa shape index (κ2) is 7.34. The van der Waals surface area contributed by atoms with E-state index in [1.807, 2.05) is 42.5 Å². The lowest BCUT2D eigenvalue weighted by Gasteiger charge is -1.98. The average Bonchev–Trinajstić information content (AvgIpc) is 2.54. The number of hydrogen-bond acceptors (Lipinski definition) is 2. The molecule has 0 aliphatic heterocycles. The van der Waals surface area contributed by atoms with Crippen LogP contribution in [0.5, 0.6) is 0 Å². The number of allylic oxidation sites excluding steroid dienone is 3. The Morgan fingerprint density at radius 3 is 2.43 bits per heavy atom. The maximum atomic E-state index is 9.22. The third-order valence-corrected chi connectivity index (χ3v) is 2.81. The largest absolute Gasteiger partial charge is 0.192 e. The quantitative estimate of drug-likeness (QED) is 0.246. The van der Waals surface area contributed by atoms with E-state index in [0.717, 1.165) is 11.1 Å². The molecule has 0 heterocycles. The number of benzene rings is 2. The minimum Gasteiger partial charge on any atom is -0.192 e. The van der Waals surface area contributed by atoms with E-state index in [1.54, 1.807) is 30.3 Å². The number of rotatable bonds is 4. The van der Waals surface area contributed by atoms with Crippen LogP contribution in [-0.4, -0.2) is 0 Å². The lowest BCUT2D eigenvalue weighted by molar-refractivity contribution is 1.46. The third-order valence-electron chi connectivity index (χ3n) is 2.81. The summed E-state index contributed by atoms with van der Waals surface area (Å²) in [4.78, 5) is 2.72. The zero-order chi connectivity index (χ0) is 14.9. The number of nitriles is 1. The van der Waals surface area contributed by atoms with Gasteiger partial charge in [0.2, 0.25) is 0 Å². The average molecular weight is 272 g/mol. The zero-order valence-corrected chi connectivity index (χ0v) is 11.2. The Balaban J connectivity index is 2.19. The maximum absolute atomic E-state index is 9.22. The smallest absolute Gasteiger partial charge is 0.0997 e. The van der Waals surface area contributed by atoms with Gasteiger partial charge in [-0.1, -0.05) is 71.9 Å². The van der Waals surface area contributed by atoms with Crippen molar-refractivity contribution >= 4 is 17.3 Å². The van der Waals surface area contributed by atoms with E-state index in [9.17, 15) is 5.26 Å². The summed E-state index contributed by atoms with van der Waals surface area (Å²) in [7, 11) is 0. The highest BCUT2D eigenvalue weighted by Gasteiger charge is 1.98. The van der Waals surface area contributed by atoms with Crippen molar-refractivity contribution in [2.24, 2.45) is 5.11 Å². The molecule has 0 fully saturated rings. The number of azide groups is 1. The molecule has 4 nitrogen and oxygen atoms in total. The zero-order valence-electron chi connectivity index (χ0n) is 11.2. The maximum Gasteiger partial charge on any atom is 0.0997 e. The predicted octanol–water partition coefficient (Wildman–Crippen LogP) is 5.25. The van der Waals surface area contributed by atoms with E-state index in [1.165, 1.54) is 0 Å². The number of hydrogen-bond donors (Lipinski definition) is 0. The standard InChI is InChI=1S/C17H12N4/c18-13-16(8-4-7-14-5-2-1-3-6-14)15-9-11-17(12-10-15)20-21-19/h1-12H. The van der Waals surface area contributed by atoms with E-state index in [4.69, 9.17) is 5.53 Å². The molecule has 0 N–H and O–H groups in total. The van der Waals surface area contributed by atoms with Crippen LogP contribution in [0.1, 0.15) is 11.1 Å². The highest BCUT2D eigenvalue weighted by atomic mass is 15.1. The van der Waals surface area contributed by atoms with Crippen molar-refractivity contribution < 1.29 is 0 Å². The molecule has 0 amide bonds. The van der Waals surface area contributed by atoms with Crippen molar-refractivity contribution in [3.05, 3.63) is 88.3 Å². The van der Waals surface area contributed by atoms with Crippen LogP contribution >= 0.6 is 0 Å². The summed E-state index contributed by atoms with van der Waals surface area (Å²) >= 11 is 0. The van der Waals surface area contributed by atoms with Gasteiger partial charge >= 0.3 is 0 Å². The van der Waals surface area contributed by atoms with E-state index >= 15 is 0 Å². The highest BCUT2D eigenvalue weighted by Crippen LogP contribution is 2.19. The molecule has 0 atom stereocenters. The van der Waals surface area contributed by atoms with Gasteiger partial charge < -0.3 is 0 Å². The molecule has 0 saturated carbocycles. The molecular formula is C17H12N4. The van der Waals surface area contributed by atoms with Gasteiger partial charge in [0.1, 0.15) is 0 Å². The van der Waals surface area contributed by atoms with E-state index in [0.29, 0.717) is 11.3 Å². The minimum atomic E-state index is 0.526. The van der Waals surface area contributed by atoms with Crippen LogP contribution in [0.2, 0.25) is 0 Å². The van der Waals surface area contributed by atoms with Gasteiger partial charge in [0.15, 0.2) is 0 Å². The van der Waals surface area contributed by atoms with Gasteiger partial charge in [-0.2, -0.15) is 5.26 Å². The fraction of sp³-hybridized carbons (Fsp3) is 0. The number of nitrogens with zero attached hydrogens (tertiary/aromatic N) is 4. The molecule has 2 aromatic rings. The molecule has 0 aromatic heterocycles. The molecule has 100 valence electrons. The lowest BCUT2D eigenvalue weighted by atomic mass is 10.1. The summed E-state index contributed by atoms with van der Waals surface area (Å²) in [5, 5.41) is 12.7. The molecular weight excluding hydrogens is 260 g/mol. The van der Waals surface area contributed by atoms with Crippen molar-refractivity contribution in [1.29, 1.82) is 5.26 Å². The van der Waals surface area contributed by atoms with Crippen LogP contribution in [-0.2, 0) is 0 Å². The van der Waals surface area contributed by atoms with Crippen molar-refractivity contribution in [1.82, 2.24) is 0 Å². The summed E-state index contributed by atoms with van der Waals surface area (Å²) in [6.07, 6.45) is 5.54. The molecule has 21 heavy (non-hydrogen) atoms. The SMILES string of the molecule is N#CC(=CC=Cc1ccccc1)c1ccc(N=[N+]=[N-])cc1. The van der Waals surface area contributed by atoms with Gasteiger partial charge in [-0.25, -0.2) is 0 Å². The first-order valence-corrected chi connectivity index (χ1v) is 6.32. The van der Waals surface area contributed by atoms with Crippen LogP contribution < -0.4 is 0 Å². The summed E-state index contributed by atoms with van der Waals surface area (Å²) in [5.41, 5.74) is 11.3. The van der Waals surface area contributed by atoms with Crippen LogP contribution in [0.4, 0.5) is 5.69 Å². The Kier molecular flexibility index (Phi) is 4.94. The molecule has 0 saturated heterocycles. The Morgan fingerprint density at radius 1 is 1.10 bits per heavy atom. The van der Waals surface area contributed by atoms with Gasteiger partial charge in [-0.05, 0) is 22.7 Å². The molecule has 2 rings (SSSR count). The normalized spacial score (nSPS) is 10.9. The van der Waals surface area contributed by atoms with Crippen LogP contribution in [0, 0.1) is 11.3 Å². The second-order valence-corrected chi connectivity index (χ2v) is 4.20. The van der Waals surface area contributed by atoms with Crippen molar-refractivity contribution in [3.63, 3.8) is 0 Å².